The Bertz CT molecular complexity index is 1070. The number of nitrogens with zero attached hydrogens (tertiary/aromatic N) is 1. The summed E-state index contributed by atoms with van der Waals surface area (Å²) in [6, 6.07) is 19.7. The second-order valence-electron chi connectivity index (χ2n) is 5.75. The maximum atomic E-state index is 13.2. The van der Waals surface area contributed by atoms with Gasteiger partial charge >= 0.3 is 0 Å². The van der Waals surface area contributed by atoms with Crippen molar-refractivity contribution in [3.63, 3.8) is 0 Å². The molecule has 0 bridgehead atoms. The van der Waals surface area contributed by atoms with Crippen LogP contribution in [-0.2, 0) is 10.0 Å². The standard InChI is InChI=1S/C20H17Cl2NO3S/c1-23(16-11-7-6-10-15(16)14-8-4-3-5-9-14)27(24,25)18-13-12-17(26-2)19(21)20(18)22/h3-13H,1-2H3. The highest BCUT2D eigenvalue weighted by Gasteiger charge is 2.28. The van der Waals surface area contributed by atoms with E-state index in [1.54, 1.807) is 12.1 Å². The van der Waals surface area contributed by atoms with E-state index < -0.39 is 10.0 Å². The van der Waals surface area contributed by atoms with E-state index in [4.69, 9.17) is 27.9 Å². The third-order valence-electron chi connectivity index (χ3n) is 4.20. The number of ether oxygens (including phenoxy) is 1. The molecule has 0 amide bonds. The van der Waals surface area contributed by atoms with Crippen molar-refractivity contribution in [3.05, 3.63) is 76.8 Å². The van der Waals surface area contributed by atoms with Crippen LogP contribution in [0.1, 0.15) is 0 Å². The first kappa shape index (κ1) is 19.5. The van der Waals surface area contributed by atoms with Gasteiger partial charge in [-0.05, 0) is 23.8 Å². The molecule has 3 aromatic carbocycles. The highest BCUT2D eigenvalue weighted by molar-refractivity contribution is 7.93. The fourth-order valence-electron chi connectivity index (χ4n) is 2.76. The molecule has 7 heteroatoms. The number of para-hydroxylation sites is 1. The van der Waals surface area contributed by atoms with Crippen molar-refractivity contribution in [2.24, 2.45) is 0 Å². The number of methoxy groups -OCH3 is 1. The molecular weight excluding hydrogens is 405 g/mol. The number of halogens is 2. The van der Waals surface area contributed by atoms with Gasteiger partial charge in [-0.25, -0.2) is 8.42 Å². The topological polar surface area (TPSA) is 46.6 Å². The Morgan fingerprint density at radius 2 is 1.48 bits per heavy atom. The number of anilines is 1. The lowest BCUT2D eigenvalue weighted by molar-refractivity contribution is 0.414. The third-order valence-corrected chi connectivity index (χ3v) is 6.99. The van der Waals surface area contributed by atoms with Gasteiger partial charge in [0.25, 0.3) is 10.0 Å². The fraction of sp³-hybridized carbons (Fsp3) is 0.100. The molecule has 27 heavy (non-hydrogen) atoms. The quantitative estimate of drug-likeness (QED) is 0.546. The monoisotopic (exact) mass is 421 g/mol. The van der Waals surface area contributed by atoms with Gasteiger partial charge < -0.3 is 4.74 Å². The van der Waals surface area contributed by atoms with Crippen LogP contribution < -0.4 is 9.04 Å². The molecule has 0 N–H and O–H groups in total. The van der Waals surface area contributed by atoms with Crippen LogP contribution in [0.3, 0.4) is 0 Å². The van der Waals surface area contributed by atoms with Gasteiger partial charge in [0.2, 0.25) is 0 Å². The molecule has 3 rings (SSSR count). The Hall–Kier alpha value is -2.21. The molecule has 0 radical (unpaired) electrons. The van der Waals surface area contributed by atoms with Crippen molar-refractivity contribution in [2.45, 2.75) is 4.90 Å². The van der Waals surface area contributed by atoms with Crippen LogP contribution in [0.5, 0.6) is 5.75 Å². The molecule has 0 atom stereocenters. The van der Waals surface area contributed by atoms with Gasteiger partial charge in [0.1, 0.15) is 15.7 Å². The van der Waals surface area contributed by atoms with Crippen molar-refractivity contribution in [1.82, 2.24) is 0 Å². The first-order chi connectivity index (χ1) is 12.9. The van der Waals surface area contributed by atoms with Crippen molar-refractivity contribution in [3.8, 4) is 16.9 Å². The summed E-state index contributed by atoms with van der Waals surface area (Å²) in [6.07, 6.45) is 0. The molecule has 0 fully saturated rings. The molecule has 0 aliphatic carbocycles. The maximum absolute atomic E-state index is 13.2. The van der Waals surface area contributed by atoms with Gasteiger partial charge in [0.15, 0.2) is 0 Å². The molecule has 0 aromatic heterocycles. The molecule has 0 aliphatic rings. The van der Waals surface area contributed by atoms with Crippen LogP contribution in [0.15, 0.2) is 71.6 Å². The summed E-state index contributed by atoms with van der Waals surface area (Å²) in [4.78, 5) is -0.0830. The molecule has 0 aliphatic heterocycles. The zero-order chi connectivity index (χ0) is 19.6. The minimum atomic E-state index is -3.94. The fourth-order valence-corrected chi connectivity index (χ4v) is 4.79. The summed E-state index contributed by atoms with van der Waals surface area (Å²) in [5.74, 6) is 0.313. The molecule has 140 valence electrons. The van der Waals surface area contributed by atoms with E-state index in [9.17, 15) is 8.42 Å². The lowest BCUT2D eigenvalue weighted by Crippen LogP contribution is -2.27. The van der Waals surface area contributed by atoms with E-state index >= 15 is 0 Å². The third kappa shape index (κ3) is 3.63. The van der Waals surface area contributed by atoms with Crippen LogP contribution in [0.2, 0.25) is 10.0 Å². The lowest BCUT2D eigenvalue weighted by Gasteiger charge is -2.23. The molecule has 0 unspecified atom stereocenters. The zero-order valence-corrected chi connectivity index (χ0v) is 17.0. The summed E-state index contributed by atoms with van der Waals surface area (Å²) in [5.41, 5.74) is 2.24. The molecule has 0 saturated carbocycles. The van der Waals surface area contributed by atoms with Gasteiger partial charge in [-0.3, -0.25) is 4.31 Å². The van der Waals surface area contributed by atoms with E-state index in [1.165, 1.54) is 30.6 Å². The normalized spacial score (nSPS) is 11.3. The predicted molar refractivity (Wildman–Crippen MR) is 110 cm³/mol. The van der Waals surface area contributed by atoms with Gasteiger partial charge in [0, 0.05) is 12.6 Å². The van der Waals surface area contributed by atoms with Crippen molar-refractivity contribution in [1.29, 1.82) is 0 Å². The molecule has 0 heterocycles. The first-order valence-electron chi connectivity index (χ1n) is 8.03. The summed E-state index contributed by atoms with van der Waals surface area (Å²) in [7, 11) is -1.01. The van der Waals surface area contributed by atoms with Crippen molar-refractivity contribution < 1.29 is 13.2 Å². The van der Waals surface area contributed by atoms with Crippen LogP contribution in [0, 0.1) is 0 Å². The second-order valence-corrected chi connectivity index (χ2v) is 8.44. The summed E-state index contributed by atoms with van der Waals surface area (Å²) in [5, 5.41) is -0.00922. The number of hydrogen-bond donors (Lipinski definition) is 0. The van der Waals surface area contributed by atoms with E-state index in [-0.39, 0.29) is 14.9 Å². The highest BCUT2D eigenvalue weighted by Crippen LogP contribution is 2.39. The first-order valence-corrected chi connectivity index (χ1v) is 10.2. The average molecular weight is 422 g/mol. The minimum Gasteiger partial charge on any atom is -0.495 e. The number of rotatable bonds is 5. The molecule has 4 nitrogen and oxygen atoms in total. The van der Waals surface area contributed by atoms with Gasteiger partial charge in [-0.1, -0.05) is 71.7 Å². The average Bonchev–Trinajstić information content (AvgIpc) is 2.70. The van der Waals surface area contributed by atoms with E-state index in [0.29, 0.717) is 11.4 Å². The number of sulfonamides is 1. The molecule has 0 saturated heterocycles. The van der Waals surface area contributed by atoms with Gasteiger partial charge in [-0.2, -0.15) is 0 Å². The molecular formula is C20H17Cl2NO3S. The highest BCUT2D eigenvalue weighted by atomic mass is 35.5. The number of benzene rings is 3. The lowest BCUT2D eigenvalue weighted by atomic mass is 10.0. The maximum Gasteiger partial charge on any atom is 0.265 e. The van der Waals surface area contributed by atoms with Crippen LogP contribution in [0.25, 0.3) is 11.1 Å². The second kappa shape index (κ2) is 7.80. The Morgan fingerprint density at radius 3 is 2.15 bits per heavy atom. The summed E-state index contributed by atoms with van der Waals surface area (Å²) >= 11 is 12.4. The van der Waals surface area contributed by atoms with Gasteiger partial charge in [0.05, 0.1) is 17.8 Å². The van der Waals surface area contributed by atoms with Crippen molar-refractivity contribution in [2.75, 3.05) is 18.5 Å². The summed E-state index contributed by atoms with van der Waals surface area (Å²) < 4.78 is 32.8. The smallest absolute Gasteiger partial charge is 0.265 e. The van der Waals surface area contributed by atoms with Crippen molar-refractivity contribution >= 4 is 38.9 Å². The molecule has 3 aromatic rings. The molecule has 0 spiro atoms. The largest absolute Gasteiger partial charge is 0.495 e. The van der Waals surface area contributed by atoms with Crippen LogP contribution in [-0.4, -0.2) is 22.6 Å². The van der Waals surface area contributed by atoms with E-state index in [0.717, 1.165) is 11.1 Å². The van der Waals surface area contributed by atoms with Gasteiger partial charge in [-0.15, -0.1) is 0 Å². The predicted octanol–water partition coefficient (Wildman–Crippen LogP) is 5.49. The SMILES string of the molecule is COc1ccc(S(=O)(=O)N(C)c2ccccc2-c2ccccc2)c(Cl)c1Cl. The summed E-state index contributed by atoms with van der Waals surface area (Å²) in [6.45, 7) is 0. The van der Waals surface area contributed by atoms with E-state index in [2.05, 4.69) is 0 Å². The van der Waals surface area contributed by atoms with E-state index in [1.807, 2.05) is 42.5 Å². The zero-order valence-electron chi connectivity index (χ0n) is 14.7. The Kier molecular flexibility index (Phi) is 5.65. The Labute approximate surface area is 169 Å². The van der Waals surface area contributed by atoms with Crippen LogP contribution in [0.4, 0.5) is 5.69 Å². The minimum absolute atomic E-state index is 0.0602. The Morgan fingerprint density at radius 1 is 0.852 bits per heavy atom. The van der Waals surface area contributed by atoms with Crippen LogP contribution >= 0.6 is 23.2 Å². The number of hydrogen-bond acceptors (Lipinski definition) is 3. The Balaban J connectivity index is 2.12.